The quantitative estimate of drug-likeness (QED) is 0.329. The van der Waals surface area contributed by atoms with Gasteiger partial charge in [0.1, 0.15) is 5.75 Å². The van der Waals surface area contributed by atoms with E-state index in [4.69, 9.17) is 9.47 Å². The zero-order valence-corrected chi connectivity index (χ0v) is 27.5. The third kappa shape index (κ3) is 11.9. The Morgan fingerprint density at radius 1 is 1.11 bits per heavy atom. The molecule has 4 amide bonds. The van der Waals surface area contributed by atoms with Crippen LogP contribution in [-0.4, -0.2) is 96.6 Å². The van der Waals surface area contributed by atoms with Gasteiger partial charge in [0.05, 0.1) is 36.8 Å². The fraction of sp³-hybridized carbons (Fsp3) is 0.727. The number of alkyl halides is 3. The molecule has 3 N–H and O–H groups in total. The molecule has 260 valence electrons. The summed E-state index contributed by atoms with van der Waals surface area (Å²) in [4.78, 5) is 42.6. The van der Waals surface area contributed by atoms with E-state index in [0.717, 1.165) is 38.5 Å². The minimum atomic E-state index is -4.47. The number of fused-ring (bicyclic) bond motifs is 1. The van der Waals surface area contributed by atoms with Crippen molar-refractivity contribution in [2.75, 3.05) is 38.7 Å². The lowest BCUT2D eigenvalue weighted by atomic mass is 9.96. The molecule has 1 aromatic carbocycles. The second-order valence-electron chi connectivity index (χ2n) is 12.8. The summed E-state index contributed by atoms with van der Waals surface area (Å²) in [6.07, 6.45) is 0.402. The molecule has 0 radical (unpaired) electrons. The highest BCUT2D eigenvalue weighted by Crippen LogP contribution is 2.29. The van der Waals surface area contributed by atoms with Crippen molar-refractivity contribution in [3.8, 4) is 5.75 Å². The van der Waals surface area contributed by atoms with Crippen LogP contribution in [0, 0.1) is 5.92 Å². The Labute approximate surface area is 270 Å². The highest BCUT2D eigenvalue weighted by Gasteiger charge is 2.32. The molecule has 0 bridgehead atoms. The second-order valence-corrected chi connectivity index (χ2v) is 12.8. The Morgan fingerprint density at radius 3 is 2.48 bits per heavy atom. The van der Waals surface area contributed by atoms with E-state index in [1.165, 1.54) is 29.5 Å². The van der Waals surface area contributed by atoms with Gasteiger partial charge < -0.3 is 35.0 Å². The van der Waals surface area contributed by atoms with Crippen LogP contribution in [0.5, 0.6) is 5.75 Å². The van der Waals surface area contributed by atoms with Crippen molar-refractivity contribution in [1.82, 2.24) is 15.1 Å². The van der Waals surface area contributed by atoms with Crippen molar-refractivity contribution in [3.05, 3.63) is 23.8 Å². The highest BCUT2D eigenvalue weighted by molar-refractivity contribution is 5.99. The Balaban J connectivity index is 1.85. The van der Waals surface area contributed by atoms with E-state index in [9.17, 15) is 32.7 Å². The average Bonchev–Trinajstić information content (AvgIpc) is 3.01. The largest absolute Gasteiger partial charge is 0.490 e. The summed E-state index contributed by atoms with van der Waals surface area (Å²) in [5, 5.41) is 15.7. The van der Waals surface area contributed by atoms with Gasteiger partial charge in [0, 0.05) is 50.8 Å². The number of urea groups is 1. The molecule has 1 heterocycles. The highest BCUT2D eigenvalue weighted by atomic mass is 19.4. The van der Waals surface area contributed by atoms with E-state index in [1.807, 2.05) is 13.8 Å². The molecule has 0 unspecified atom stereocenters. The van der Waals surface area contributed by atoms with Gasteiger partial charge in [-0.05, 0) is 64.2 Å². The predicted molar refractivity (Wildman–Crippen MR) is 169 cm³/mol. The number of aliphatic hydroxyl groups is 1. The van der Waals surface area contributed by atoms with Crippen LogP contribution < -0.4 is 15.4 Å². The molecular formula is C33H51F3N4O6. The number of carbonyl (C=O) groups excluding carboxylic acids is 3. The zero-order valence-electron chi connectivity index (χ0n) is 27.5. The van der Waals surface area contributed by atoms with Gasteiger partial charge in [-0.25, -0.2) is 4.79 Å². The van der Waals surface area contributed by atoms with Crippen molar-refractivity contribution < 1.29 is 42.1 Å². The summed E-state index contributed by atoms with van der Waals surface area (Å²) >= 11 is 0. The number of rotatable bonds is 8. The fourth-order valence-electron chi connectivity index (χ4n) is 5.83. The summed E-state index contributed by atoms with van der Waals surface area (Å²) < 4.78 is 50.5. The van der Waals surface area contributed by atoms with E-state index in [0.29, 0.717) is 19.6 Å². The van der Waals surface area contributed by atoms with Gasteiger partial charge in [-0.1, -0.05) is 26.2 Å². The minimum Gasteiger partial charge on any atom is -0.490 e. The third-order valence-corrected chi connectivity index (χ3v) is 8.70. The summed E-state index contributed by atoms with van der Waals surface area (Å²) in [5.74, 6) is -1.27. The SMILES string of the molecule is C[C@@H]1CCCCO[C@H](CN(C)C(=O)NC2CCCCC2)[C@H](C)CN([C@@H](C)CO)C(=O)c2cc(NC(=O)CCC(F)(F)F)ccc2O1. The first-order valence-electron chi connectivity index (χ1n) is 16.5. The van der Waals surface area contributed by atoms with Gasteiger partial charge in [0.15, 0.2) is 0 Å². The molecule has 1 saturated carbocycles. The topological polar surface area (TPSA) is 120 Å². The van der Waals surface area contributed by atoms with Crippen LogP contribution in [0.15, 0.2) is 18.2 Å². The number of benzene rings is 1. The first-order valence-corrected chi connectivity index (χ1v) is 16.5. The summed E-state index contributed by atoms with van der Waals surface area (Å²) in [6, 6.07) is 3.82. The van der Waals surface area contributed by atoms with Crippen LogP contribution >= 0.6 is 0 Å². The number of hydrogen-bond acceptors (Lipinski definition) is 6. The van der Waals surface area contributed by atoms with E-state index >= 15 is 0 Å². The van der Waals surface area contributed by atoms with Crippen LogP contribution in [0.2, 0.25) is 0 Å². The first kappa shape index (κ1) is 37.4. The molecule has 13 heteroatoms. The van der Waals surface area contributed by atoms with Gasteiger partial charge in [-0.2, -0.15) is 13.2 Å². The summed E-state index contributed by atoms with van der Waals surface area (Å²) in [7, 11) is 1.73. The summed E-state index contributed by atoms with van der Waals surface area (Å²) in [5.41, 5.74) is 0.277. The molecule has 0 spiro atoms. The van der Waals surface area contributed by atoms with E-state index in [1.54, 1.807) is 18.9 Å². The third-order valence-electron chi connectivity index (χ3n) is 8.70. The number of anilines is 1. The molecule has 46 heavy (non-hydrogen) atoms. The number of likely N-dealkylation sites (N-methyl/N-ethyl adjacent to an activating group) is 1. The number of amides is 4. The van der Waals surface area contributed by atoms with E-state index in [2.05, 4.69) is 10.6 Å². The Morgan fingerprint density at radius 2 is 1.80 bits per heavy atom. The number of nitrogens with zero attached hydrogens (tertiary/aromatic N) is 2. The van der Waals surface area contributed by atoms with Crippen molar-refractivity contribution in [2.24, 2.45) is 5.92 Å². The smallest absolute Gasteiger partial charge is 0.389 e. The lowest BCUT2D eigenvalue weighted by molar-refractivity contribution is -0.142. The molecule has 4 atom stereocenters. The number of carbonyl (C=O) groups is 3. The van der Waals surface area contributed by atoms with Gasteiger partial charge in [-0.3, -0.25) is 9.59 Å². The lowest BCUT2D eigenvalue weighted by Gasteiger charge is -2.36. The zero-order chi connectivity index (χ0) is 33.9. The van der Waals surface area contributed by atoms with Crippen LogP contribution in [0.4, 0.5) is 23.7 Å². The Hall–Kier alpha value is -3.06. The van der Waals surface area contributed by atoms with Crippen molar-refractivity contribution in [1.29, 1.82) is 0 Å². The van der Waals surface area contributed by atoms with Crippen molar-refractivity contribution in [2.45, 2.75) is 115 Å². The van der Waals surface area contributed by atoms with Gasteiger partial charge in [-0.15, -0.1) is 0 Å². The van der Waals surface area contributed by atoms with Gasteiger partial charge in [0.25, 0.3) is 5.91 Å². The summed E-state index contributed by atoms with van der Waals surface area (Å²) in [6.45, 7) is 6.15. The molecule has 10 nitrogen and oxygen atoms in total. The maximum absolute atomic E-state index is 14.2. The molecule has 3 rings (SSSR count). The standard InChI is InChI=1S/C33H51F3N4O6/c1-22-19-40(23(2)21-41)31(43)27-18-26(37-30(42)15-16-33(34,35)36)13-14-28(27)46-24(3)10-8-9-17-45-29(22)20-39(4)32(44)38-25-11-6-5-7-12-25/h13-14,18,22-25,29,41H,5-12,15-17,19-21H2,1-4H3,(H,37,42)(H,38,44)/t22-,23+,24-,29-/m1/s1. The number of hydrogen-bond donors (Lipinski definition) is 3. The predicted octanol–water partition coefficient (Wildman–Crippen LogP) is 5.74. The fourth-order valence-corrected chi connectivity index (χ4v) is 5.83. The van der Waals surface area contributed by atoms with Crippen LogP contribution in [0.25, 0.3) is 0 Å². The van der Waals surface area contributed by atoms with Gasteiger partial charge >= 0.3 is 12.2 Å². The minimum absolute atomic E-state index is 0.117. The molecule has 1 fully saturated rings. The van der Waals surface area contributed by atoms with Gasteiger partial charge in [0.2, 0.25) is 5.91 Å². The molecule has 0 aromatic heterocycles. The molecule has 0 saturated heterocycles. The van der Waals surface area contributed by atoms with Crippen LogP contribution in [-0.2, 0) is 9.53 Å². The van der Waals surface area contributed by atoms with Crippen LogP contribution in [0.1, 0.15) is 95.3 Å². The molecule has 2 aliphatic rings. The lowest BCUT2D eigenvalue weighted by Crippen LogP contribution is -2.50. The van der Waals surface area contributed by atoms with Crippen molar-refractivity contribution in [3.63, 3.8) is 0 Å². The Kier molecular flexibility index (Phi) is 14.4. The first-order chi connectivity index (χ1) is 21.8. The monoisotopic (exact) mass is 656 g/mol. The normalized spacial score (nSPS) is 23.0. The van der Waals surface area contributed by atoms with E-state index < -0.39 is 43.0 Å². The second kappa shape index (κ2) is 17.7. The molecule has 1 aliphatic heterocycles. The molecule has 1 aromatic rings. The Bertz CT molecular complexity index is 1150. The maximum atomic E-state index is 14.2. The number of halogens is 3. The number of nitrogens with one attached hydrogen (secondary N) is 2. The molecule has 1 aliphatic carbocycles. The van der Waals surface area contributed by atoms with Crippen LogP contribution in [0.3, 0.4) is 0 Å². The number of aliphatic hydroxyl groups excluding tert-OH is 1. The average molecular weight is 657 g/mol. The maximum Gasteiger partial charge on any atom is 0.389 e. The molecular weight excluding hydrogens is 605 g/mol. The number of ether oxygens (including phenoxy) is 2. The van der Waals surface area contributed by atoms with E-state index in [-0.39, 0.29) is 54.2 Å². The van der Waals surface area contributed by atoms with Crippen molar-refractivity contribution >= 4 is 23.5 Å².